The van der Waals surface area contributed by atoms with E-state index in [0.717, 1.165) is 32.6 Å². The van der Waals surface area contributed by atoms with Crippen molar-refractivity contribution in [2.24, 2.45) is 11.8 Å². The Morgan fingerprint density at radius 3 is 2.63 bits per heavy atom. The highest BCUT2D eigenvalue weighted by molar-refractivity contribution is 4.79. The number of likely N-dealkylation sites (tertiary alicyclic amines) is 1. The molecule has 0 amide bonds. The van der Waals surface area contributed by atoms with E-state index in [2.05, 4.69) is 10.6 Å². The van der Waals surface area contributed by atoms with Gasteiger partial charge in [-0.1, -0.05) is 0 Å². The largest absolute Gasteiger partial charge is 0.401 e. The van der Waals surface area contributed by atoms with E-state index in [1.807, 2.05) is 0 Å². The van der Waals surface area contributed by atoms with Crippen LogP contribution in [0.1, 0.15) is 19.3 Å². The van der Waals surface area contributed by atoms with Gasteiger partial charge in [0, 0.05) is 6.54 Å². The lowest BCUT2D eigenvalue weighted by molar-refractivity contribution is -0.143. The summed E-state index contributed by atoms with van der Waals surface area (Å²) in [5.41, 5.74) is 0. The summed E-state index contributed by atoms with van der Waals surface area (Å²) in [4.78, 5) is 1.52. The minimum Gasteiger partial charge on any atom is -0.316 e. The van der Waals surface area contributed by atoms with Crippen LogP contribution in [0.3, 0.4) is 0 Å². The molecule has 0 spiro atoms. The van der Waals surface area contributed by atoms with Gasteiger partial charge in [-0.2, -0.15) is 13.2 Å². The second-order valence-electron chi connectivity index (χ2n) is 5.88. The predicted molar refractivity (Wildman–Crippen MR) is 69.1 cm³/mol. The lowest BCUT2D eigenvalue weighted by atomic mass is 9.99. The molecule has 3 nitrogen and oxygen atoms in total. The summed E-state index contributed by atoms with van der Waals surface area (Å²) in [6.07, 6.45) is -0.692. The van der Waals surface area contributed by atoms with Crippen molar-refractivity contribution in [1.29, 1.82) is 0 Å². The van der Waals surface area contributed by atoms with Crippen LogP contribution in [0.15, 0.2) is 0 Å². The monoisotopic (exact) mass is 279 g/mol. The quantitative estimate of drug-likeness (QED) is 0.798. The molecule has 0 saturated carbocycles. The Bertz CT molecular complexity index is 264. The zero-order valence-electron chi connectivity index (χ0n) is 11.3. The first-order valence-electron chi connectivity index (χ1n) is 7.23. The first kappa shape index (κ1) is 15.1. The van der Waals surface area contributed by atoms with Crippen molar-refractivity contribution >= 4 is 0 Å². The molecule has 0 aromatic heterocycles. The summed E-state index contributed by atoms with van der Waals surface area (Å²) in [5.74, 6) is 1.06. The lowest BCUT2D eigenvalue weighted by Crippen LogP contribution is -2.38. The smallest absolute Gasteiger partial charge is 0.316 e. The normalized spacial score (nSPS) is 29.8. The molecule has 0 radical (unpaired) electrons. The van der Waals surface area contributed by atoms with Gasteiger partial charge in [0.15, 0.2) is 0 Å². The molecule has 2 aliphatic heterocycles. The second kappa shape index (κ2) is 6.90. The van der Waals surface area contributed by atoms with Crippen molar-refractivity contribution in [3.05, 3.63) is 0 Å². The van der Waals surface area contributed by atoms with Crippen molar-refractivity contribution in [2.75, 3.05) is 45.8 Å². The van der Waals surface area contributed by atoms with Gasteiger partial charge in [-0.15, -0.1) is 0 Å². The van der Waals surface area contributed by atoms with E-state index in [-0.39, 0.29) is 0 Å². The zero-order chi connectivity index (χ0) is 13.7. The van der Waals surface area contributed by atoms with Crippen LogP contribution in [0.25, 0.3) is 0 Å². The van der Waals surface area contributed by atoms with E-state index in [0.29, 0.717) is 24.9 Å². The van der Waals surface area contributed by atoms with Gasteiger partial charge in [-0.25, -0.2) is 0 Å². The van der Waals surface area contributed by atoms with Gasteiger partial charge in [0.1, 0.15) is 0 Å². The molecule has 19 heavy (non-hydrogen) atoms. The molecule has 0 aromatic carbocycles. The molecular weight excluding hydrogens is 255 g/mol. The maximum absolute atomic E-state index is 12.3. The lowest BCUT2D eigenvalue weighted by Gasteiger charge is -2.24. The van der Waals surface area contributed by atoms with Crippen molar-refractivity contribution < 1.29 is 13.2 Å². The van der Waals surface area contributed by atoms with Gasteiger partial charge in [0.25, 0.3) is 0 Å². The van der Waals surface area contributed by atoms with E-state index in [9.17, 15) is 13.2 Å². The first-order valence-corrected chi connectivity index (χ1v) is 7.23. The van der Waals surface area contributed by atoms with Gasteiger partial charge in [0.2, 0.25) is 0 Å². The SMILES string of the molecule is FC(F)(F)CN1CCC(CNCC2CCCNC2)C1. The van der Waals surface area contributed by atoms with Gasteiger partial charge in [-0.05, 0) is 63.8 Å². The van der Waals surface area contributed by atoms with Crippen LogP contribution in [0.2, 0.25) is 0 Å². The Labute approximate surface area is 112 Å². The molecule has 2 atom stereocenters. The third kappa shape index (κ3) is 5.67. The first-order chi connectivity index (χ1) is 9.03. The van der Waals surface area contributed by atoms with E-state index in [1.54, 1.807) is 0 Å². The average Bonchev–Trinajstić information content (AvgIpc) is 2.76. The maximum atomic E-state index is 12.3. The van der Waals surface area contributed by atoms with Crippen molar-refractivity contribution in [1.82, 2.24) is 15.5 Å². The van der Waals surface area contributed by atoms with Gasteiger partial charge < -0.3 is 10.6 Å². The van der Waals surface area contributed by atoms with Crippen LogP contribution in [0.5, 0.6) is 0 Å². The number of hydrogen-bond acceptors (Lipinski definition) is 3. The Morgan fingerprint density at radius 1 is 1.16 bits per heavy atom. The minimum atomic E-state index is -4.06. The molecule has 2 rings (SSSR count). The summed E-state index contributed by atoms with van der Waals surface area (Å²) in [7, 11) is 0. The van der Waals surface area contributed by atoms with Crippen LogP contribution >= 0.6 is 0 Å². The molecule has 2 aliphatic rings. The number of halogens is 3. The summed E-state index contributed by atoms with van der Waals surface area (Å²) in [6.45, 7) is 4.43. The van der Waals surface area contributed by atoms with Crippen molar-refractivity contribution in [2.45, 2.75) is 25.4 Å². The number of nitrogens with zero attached hydrogens (tertiary/aromatic N) is 1. The molecule has 0 aliphatic carbocycles. The minimum absolute atomic E-state index is 0.374. The third-order valence-electron chi connectivity index (χ3n) is 4.04. The van der Waals surface area contributed by atoms with Gasteiger partial charge in [0.05, 0.1) is 6.54 Å². The fourth-order valence-corrected chi connectivity index (χ4v) is 3.07. The number of piperidine rings is 1. The molecule has 0 aromatic rings. The summed E-state index contributed by atoms with van der Waals surface area (Å²) < 4.78 is 36.8. The van der Waals surface area contributed by atoms with Crippen LogP contribution in [-0.2, 0) is 0 Å². The standard InChI is InChI=1S/C13H24F3N3/c14-13(15,16)10-19-5-3-12(9-19)8-18-7-11-2-1-4-17-6-11/h11-12,17-18H,1-10H2. The van der Waals surface area contributed by atoms with Crippen LogP contribution < -0.4 is 10.6 Å². The van der Waals surface area contributed by atoms with E-state index in [4.69, 9.17) is 0 Å². The van der Waals surface area contributed by atoms with Crippen LogP contribution in [-0.4, -0.2) is 56.9 Å². The molecule has 2 N–H and O–H groups in total. The highest BCUT2D eigenvalue weighted by Gasteiger charge is 2.34. The van der Waals surface area contributed by atoms with Crippen LogP contribution in [0, 0.1) is 11.8 Å². The number of nitrogens with one attached hydrogen (secondary N) is 2. The van der Waals surface area contributed by atoms with E-state index >= 15 is 0 Å². The van der Waals surface area contributed by atoms with Crippen molar-refractivity contribution in [3.63, 3.8) is 0 Å². The number of hydrogen-bond donors (Lipinski definition) is 2. The molecule has 2 saturated heterocycles. The molecule has 6 heteroatoms. The van der Waals surface area contributed by atoms with Gasteiger partial charge in [-0.3, -0.25) is 4.90 Å². The number of alkyl halides is 3. The molecule has 0 bridgehead atoms. The third-order valence-corrected chi connectivity index (χ3v) is 4.04. The fourth-order valence-electron chi connectivity index (χ4n) is 3.07. The van der Waals surface area contributed by atoms with E-state index in [1.165, 1.54) is 17.7 Å². The molecule has 112 valence electrons. The Morgan fingerprint density at radius 2 is 1.95 bits per heavy atom. The topological polar surface area (TPSA) is 27.3 Å². The van der Waals surface area contributed by atoms with Crippen molar-refractivity contribution in [3.8, 4) is 0 Å². The Balaban J connectivity index is 1.57. The maximum Gasteiger partial charge on any atom is 0.401 e. The molecular formula is C13H24F3N3. The van der Waals surface area contributed by atoms with Crippen LogP contribution in [0.4, 0.5) is 13.2 Å². The summed E-state index contributed by atoms with van der Waals surface area (Å²) in [6, 6.07) is 0. The average molecular weight is 279 g/mol. The zero-order valence-corrected chi connectivity index (χ0v) is 11.3. The fraction of sp³-hybridized carbons (Fsp3) is 1.00. The summed E-state index contributed by atoms with van der Waals surface area (Å²) in [5, 5.41) is 6.81. The Kier molecular flexibility index (Phi) is 5.47. The predicted octanol–water partition coefficient (Wildman–Crippen LogP) is 1.46. The van der Waals surface area contributed by atoms with E-state index < -0.39 is 12.7 Å². The van der Waals surface area contributed by atoms with Gasteiger partial charge >= 0.3 is 6.18 Å². The summed E-state index contributed by atoms with van der Waals surface area (Å²) >= 11 is 0. The highest BCUT2D eigenvalue weighted by atomic mass is 19.4. The molecule has 2 fully saturated rings. The second-order valence-corrected chi connectivity index (χ2v) is 5.88. The Hall–Kier alpha value is -0.330. The number of rotatable bonds is 5. The molecule has 2 heterocycles. The molecule has 2 unspecified atom stereocenters. The highest BCUT2D eigenvalue weighted by Crippen LogP contribution is 2.22.